The van der Waals surface area contributed by atoms with E-state index in [9.17, 15) is 0 Å². The van der Waals surface area contributed by atoms with Crippen molar-refractivity contribution in [3.63, 3.8) is 0 Å². The predicted octanol–water partition coefficient (Wildman–Crippen LogP) is 2.38. The summed E-state index contributed by atoms with van der Waals surface area (Å²) in [5.74, 6) is 0. The number of anilines is 1. The van der Waals surface area contributed by atoms with E-state index in [4.69, 9.17) is 7.05 Å². The molecule has 0 atom stereocenters. The zero-order valence-corrected chi connectivity index (χ0v) is 6.31. The van der Waals surface area contributed by atoms with Gasteiger partial charge in [0.2, 0.25) is 0 Å². The van der Waals surface area contributed by atoms with Crippen molar-refractivity contribution in [2.75, 3.05) is 5.32 Å². The fourth-order valence-electron chi connectivity index (χ4n) is 0.891. The number of hydrogen-bond donors (Lipinski definition) is 1. The summed E-state index contributed by atoms with van der Waals surface area (Å²) in [5.41, 5.74) is 3.40. The van der Waals surface area contributed by atoms with Crippen molar-refractivity contribution >= 4 is 5.69 Å². The molecule has 1 rings (SSSR count). The van der Waals surface area contributed by atoms with Crippen LogP contribution in [0.25, 0.3) is 0 Å². The van der Waals surface area contributed by atoms with Crippen molar-refractivity contribution in [3.05, 3.63) is 36.4 Å². The van der Waals surface area contributed by atoms with Gasteiger partial charge in [0.1, 0.15) is 0 Å². The molecular formula is C9H11N. The lowest BCUT2D eigenvalue weighted by atomic mass is 10.1. The average Bonchev–Trinajstić information content (AvgIpc) is 1.94. The predicted molar refractivity (Wildman–Crippen MR) is 43.8 cm³/mol. The Morgan fingerprint density at radius 3 is 2.50 bits per heavy atom. The molecule has 0 unspecified atom stereocenters. The molecule has 0 bridgehead atoms. The lowest BCUT2D eigenvalue weighted by Crippen LogP contribution is -1.88. The van der Waals surface area contributed by atoms with E-state index in [1.54, 1.807) is 0 Å². The normalized spacial score (nSPS) is 9.50. The SMILES string of the molecule is [CH]Nc1cc(C)ccc1C. The standard InChI is InChI=1S/C9H11N/c1-7-4-5-8(2)9(6-7)10-3/h3-6,10H,1-2H3. The van der Waals surface area contributed by atoms with Gasteiger partial charge in [0.15, 0.2) is 0 Å². The summed E-state index contributed by atoms with van der Waals surface area (Å²) >= 11 is 0. The summed E-state index contributed by atoms with van der Waals surface area (Å²) in [4.78, 5) is 0. The van der Waals surface area contributed by atoms with Crippen molar-refractivity contribution < 1.29 is 0 Å². The third-order valence-corrected chi connectivity index (χ3v) is 1.55. The van der Waals surface area contributed by atoms with Crippen LogP contribution in [0.15, 0.2) is 18.2 Å². The van der Waals surface area contributed by atoms with Crippen LogP contribution in [0.1, 0.15) is 11.1 Å². The van der Waals surface area contributed by atoms with E-state index >= 15 is 0 Å². The maximum Gasteiger partial charge on any atom is 0.0705 e. The number of aryl methyl sites for hydroxylation is 2. The molecule has 0 aliphatic heterocycles. The summed E-state index contributed by atoms with van der Waals surface area (Å²) in [6.07, 6.45) is 0. The molecule has 1 aromatic carbocycles. The maximum absolute atomic E-state index is 5.27. The van der Waals surface area contributed by atoms with Crippen molar-refractivity contribution in [2.45, 2.75) is 13.8 Å². The quantitative estimate of drug-likeness (QED) is 0.580. The van der Waals surface area contributed by atoms with Gasteiger partial charge in [0, 0.05) is 5.69 Å². The van der Waals surface area contributed by atoms with E-state index in [1.807, 2.05) is 26.0 Å². The molecule has 0 aliphatic rings. The van der Waals surface area contributed by atoms with E-state index in [0.29, 0.717) is 0 Å². The molecule has 0 aromatic heterocycles. The number of hydrogen-bond acceptors (Lipinski definition) is 1. The molecular weight excluding hydrogens is 122 g/mol. The topological polar surface area (TPSA) is 12.0 Å². The van der Waals surface area contributed by atoms with Gasteiger partial charge in [-0.25, -0.2) is 0 Å². The molecule has 0 aliphatic carbocycles. The first-order valence-electron chi connectivity index (χ1n) is 3.28. The van der Waals surface area contributed by atoms with Crippen LogP contribution < -0.4 is 5.32 Å². The fraction of sp³-hybridized carbons (Fsp3) is 0.222. The Morgan fingerprint density at radius 2 is 2.00 bits per heavy atom. The Balaban J connectivity index is 3.09. The highest BCUT2D eigenvalue weighted by Crippen LogP contribution is 2.14. The van der Waals surface area contributed by atoms with Gasteiger partial charge in [-0.3, -0.25) is 0 Å². The maximum atomic E-state index is 5.27. The van der Waals surface area contributed by atoms with Crippen LogP contribution in [0.4, 0.5) is 5.69 Å². The first kappa shape index (κ1) is 7.13. The molecule has 0 saturated carbocycles. The molecule has 10 heavy (non-hydrogen) atoms. The third kappa shape index (κ3) is 1.29. The Bertz CT molecular complexity index is 228. The Hall–Kier alpha value is -0.980. The largest absolute Gasteiger partial charge is 0.378 e. The molecule has 0 spiro atoms. The van der Waals surface area contributed by atoms with E-state index in [-0.39, 0.29) is 0 Å². The minimum atomic E-state index is 1.00. The van der Waals surface area contributed by atoms with Crippen LogP contribution in [0.3, 0.4) is 0 Å². The van der Waals surface area contributed by atoms with E-state index in [2.05, 4.69) is 11.4 Å². The van der Waals surface area contributed by atoms with Gasteiger partial charge >= 0.3 is 0 Å². The molecule has 1 nitrogen and oxygen atoms in total. The third-order valence-electron chi connectivity index (χ3n) is 1.55. The summed E-state index contributed by atoms with van der Waals surface area (Å²) in [7, 11) is 5.27. The Kier molecular flexibility index (Phi) is 1.95. The summed E-state index contributed by atoms with van der Waals surface area (Å²) < 4.78 is 0. The zero-order chi connectivity index (χ0) is 7.56. The fourth-order valence-corrected chi connectivity index (χ4v) is 0.891. The van der Waals surface area contributed by atoms with E-state index < -0.39 is 0 Å². The van der Waals surface area contributed by atoms with Crippen LogP contribution in [0.5, 0.6) is 0 Å². The molecule has 52 valence electrons. The second-order valence-corrected chi connectivity index (χ2v) is 2.46. The number of rotatable bonds is 1. The second kappa shape index (κ2) is 2.74. The van der Waals surface area contributed by atoms with Crippen molar-refractivity contribution in [3.8, 4) is 0 Å². The first-order chi connectivity index (χ1) is 4.74. The number of benzene rings is 1. The zero-order valence-electron chi connectivity index (χ0n) is 6.31. The summed E-state index contributed by atoms with van der Waals surface area (Å²) in [6, 6.07) is 6.13. The molecule has 0 fully saturated rings. The van der Waals surface area contributed by atoms with Crippen LogP contribution in [0.2, 0.25) is 0 Å². The van der Waals surface area contributed by atoms with Gasteiger partial charge in [0.25, 0.3) is 0 Å². The number of nitrogens with one attached hydrogen (secondary N) is 1. The Labute approximate surface area is 62.1 Å². The minimum absolute atomic E-state index is 1.00. The van der Waals surface area contributed by atoms with E-state index in [0.717, 1.165) is 5.69 Å². The highest BCUT2D eigenvalue weighted by Gasteiger charge is 1.93. The monoisotopic (exact) mass is 133 g/mol. The summed E-state index contributed by atoms with van der Waals surface area (Å²) in [5, 5.41) is 2.64. The van der Waals surface area contributed by atoms with E-state index in [1.165, 1.54) is 11.1 Å². The van der Waals surface area contributed by atoms with Crippen LogP contribution in [-0.2, 0) is 0 Å². The molecule has 0 amide bonds. The lowest BCUT2D eigenvalue weighted by Gasteiger charge is -2.03. The highest BCUT2D eigenvalue weighted by atomic mass is 14.8. The van der Waals surface area contributed by atoms with Crippen molar-refractivity contribution in [1.29, 1.82) is 0 Å². The smallest absolute Gasteiger partial charge is 0.0705 e. The van der Waals surface area contributed by atoms with Crippen molar-refractivity contribution in [2.24, 2.45) is 0 Å². The molecule has 0 saturated heterocycles. The van der Waals surface area contributed by atoms with Gasteiger partial charge in [-0.1, -0.05) is 12.1 Å². The van der Waals surface area contributed by atoms with Crippen LogP contribution in [-0.4, -0.2) is 0 Å². The highest BCUT2D eigenvalue weighted by molar-refractivity contribution is 5.52. The average molecular weight is 133 g/mol. The minimum Gasteiger partial charge on any atom is -0.378 e. The van der Waals surface area contributed by atoms with Gasteiger partial charge in [-0.2, -0.15) is 0 Å². The molecule has 1 heteroatoms. The van der Waals surface area contributed by atoms with Gasteiger partial charge < -0.3 is 5.32 Å². The molecule has 0 heterocycles. The molecule has 2 radical (unpaired) electrons. The van der Waals surface area contributed by atoms with Crippen molar-refractivity contribution in [1.82, 2.24) is 0 Å². The van der Waals surface area contributed by atoms with Crippen LogP contribution in [0, 0.1) is 20.9 Å². The molecule has 1 aromatic rings. The first-order valence-corrected chi connectivity index (χ1v) is 3.28. The lowest BCUT2D eigenvalue weighted by molar-refractivity contribution is 1.38. The second-order valence-electron chi connectivity index (χ2n) is 2.46. The van der Waals surface area contributed by atoms with Gasteiger partial charge in [-0.05, 0) is 31.0 Å². The molecule has 1 N–H and O–H groups in total. The Morgan fingerprint density at radius 1 is 1.30 bits per heavy atom. The van der Waals surface area contributed by atoms with Gasteiger partial charge in [0.05, 0.1) is 7.05 Å². The summed E-state index contributed by atoms with van der Waals surface area (Å²) in [6.45, 7) is 4.06. The van der Waals surface area contributed by atoms with Crippen LogP contribution >= 0.6 is 0 Å². The van der Waals surface area contributed by atoms with Gasteiger partial charge in [-0.15, -0.1) is 0 Å².